The van der Waals surface area contributed by atoms with Crippen molar-refractivity contribution in [3.05, 3.63) is 48.4 Å². The number of carbonyl (C=O) groups excluding carboxylic acids is 2. The number of rotatable bonds is 4. The summed E-state index contributed by atoms with van der Waals surface area (Å²) in [6.07, 6.45) is 1.43. The molecule has 0 radical (unpaired) electrons. The average molecular weight is 287 g/mol. The van der Waals surface area contributed by atoms with Gasteiger partial charge in [0.15, 0.2) is 5.76 Å². The van der Waals surface area contributed by atoms with Crippen molar-refractivity contribution in [2.75, 3.05) is 10.6 Å². The molecule has 6 nitrogen and oxygen atoms in total. The van der Waals surface area contributed by atoms with Crippen LogP contribution in [0.2, 0.25) is 0 Å². The van der Waals surface area contributed by atoms with Gasteiger partial charge in [-0.1, -0.05) is 6.07 Å². The molecule has 1 aromatic carbocycles. The van der Waals surface area contributed by atoms with Crippen molar-refractivity contribution in [3.8, 4) is 0 Å². The average Bonchev–Trinajstić information content (AvgIpc) is 2.91. The van der Waals surface area contributed by atoms with Crippen LogP contribution in [-0.4, -0.2) is 17.4 Å². The van der Waals surface area contributed by atoms with E-state index in [1.165, 1.54) is 6.26 Å². The lowest BCUT2D eigenvalue weighted by molar-refractivity contribution is -0.120. The second kappa shape index (κ2) is 5.80. The fourth-order valence-corrected chi connectivity index (χ4v) is 1.57. The number of carbonyl (C=O) groups is 2. The second-order valence-corrected chi connectivity index (χ2v) is 5.19. The standard InChI is InChI=1S/C15H17N3O3/c1-15(2,16)14(20)18-11-6-3-5-10(9-11)17-13(19)12-7-4-8-21-12/h3-9H,16H2,1-2H3,(H,17,19)(H,18,20). The summed E-state index contributed by atoms with van der Waals surface area (Å²) in [5.74, 6) is -0.452. The fraction of sp³-hybridized carbons (Fsp3) is 0.200. The molecule has 1 heterocycles. The summed E-state index contributed by atoms with van der Waals surface area (Å²) in [4.78, 5) is 23.7. The highest BCUT2D eigenvalue weighted by Crippen LogP contribution is 2.17. The molecule has 2 rings (SSSR count). The topological polar surface area (TPSA) is 97.4 Å². The minimum Gasteiger partial charge on any atom is -0.459 e. The van der Waals surface area contributed by atoms with E-state index in [0.29, 0.717) is 11.4 Å². The third-order valence-electron chi connectivity index (χ3n) is 2.71. The van der Waals surface area contributed by atoms with Crippen molar-refractivity contribution in [3.63, 3.8) is 0 Å². The Balaban J connectivity index is 2.08. The molecule has 6 heteroatoms. The number of furan rings is 1. The zero-order chi connectivity index (χ0) is 15.5. The molecule has 2 aromatic rings. The Morgan fingerprint density at radius 2 is 1.76 bits per heavy atom. The van der Waals surface area contributed by atoms with E-state index in [9.17, 15) is 9.59 Å². The lowest BCUT2D eigenvalue weighted by atomic mass is 10.1. The largest absolute Gasteiger partial charge is 0.459 e. The summed E-state index contributed by atoms with van der Waals surface area (Å²) in [5.41, 5.74) is 5.83. The van der Waals surface area contributed by atoms with Crippen LogP contribution < -0.4 is 16.4 Å². The monoisotopic (exact) mass is 287 g/mol. The van der Waals surface area contributed by atoms with Crippen LogP contribution in [0.4, 0.5) is 11.4 Å². The summed E-state index contributed by atoms with van der Waals surface area (Å²) in [6, 6.07) is 9.99. The van der Waals surface area contributed by atoms with Crippen LogP contribution in [0.25, 0.3) is 0 Å². The third kappa shape index (κ3) is 3.93. The number of hydrogen-bond donors (Lipinski definition) is 3. The molecular formula is C15H17N3O3. The van der Waals surface area contributed by atoms with Crippen LogP contribution >= 0.6 is 0 Å². The van der Waals surface area contributed by atoms with Gasteiger partial charge in [-0.25, -0.2) is 0 Å². The molecule has 2 amide bonds. The lowest BCUT2D eigenvalue weighted by Crippen LogP contribution is -2.45. The Morgan fingerprint density at radius 1 is 1.10 bits per heavy atom. The maximum Gasteiger partial charge on any atom is 0.291 e. The van der Waals surface area contributed by atoms with Crippen LogP contribution in [0, 0.1) is 0 Å². The highest BCUT2D eigenvalue weighted by molar-refractivity contribution is 6.03. The lowest BCUT2D eigenvalue weighted by Gasteiger charge is -2.18. The molecule has 0 unspecified atom stereocenters. The van der Waals surface area contributed by atoms with Crippen molar-refractivity contribution >= 4 is 23.2 Å². The first-order chi connectivity index (χ1) is 9.86. The maximum atomic E-state index is 11.9. The summed E-state index contributed by atoms with van der Waals surface area (Å²) >= 11 is 0. The number of benzene rings is 1. The van der Waals surface area contributed by atoms with Crippen LogP contribution in [0.5, 0.6) is 0 Å². The third-order valence-corrected chi connectivity index (χ3v) is 2.71. The normalized spacial score (nSPS) is 11.0. The summed E-state index contributed by atoms with van der Waals surface area (Å²) in [7, 11) is 0. The van der Waals surface area contributed by atoms with Crippen LogP contribution in [0.15, 0.2) is 47.1 Å². The van der Waals surface area contributed by atoms with Crippen LogP contribution in [-0.2, 0) is 4.79 Å². The minimum absolute atomic E-state index is 0.215. The number of anilines is 2. The van der Waals surface area contributed by atoms with Crippen molar-refractivity contribution in [2.45, 2.75) is 19.4 Å². The van der Waals surface area contributed by atoms with Gasteiger partial charge in [-0.2, -0.15) is 0 Å². The Morgan fingerprint density at radius 3 is 2.33 bits per heavy atom. The molecular weight excluding hydrogens is 270 g/mol. The van der Waals surface area contributed by atoms with Crippen molar-refractivity contribution < 1.29 is 14.0 Å². The predicted molar refractivity (Wildman–Crippen MR) is 80.0 cm³/mol. The van der Waals surface area contributed by atoms with E-state index in [1.807, 2.05) is 0 Å². The first-order valence-electron chi connectivity index (χ1n) is 6.41. The van der Waals surface area contributed by atoms with Gasteiger partial charge >= 0.3 is 0 Å². The molecule has 0 saturated heterocycles. The maximum absolute atomic E-state index is 11.9. The Hall–Kier alpha value is -2.60. The van der Waals surface area contributed by atoms with E-state index in [4.69, 9.17) is 10.2 Å². The molecule has 1 aromatic heterocycles. The first-order valence-corrected chi connectivity index (χ1v) is 6.41. The molecule has 0 spiro atoms. The smallest absolute Gasteiger partial charge is 0.291 e. The quantitative estimate of drug-likeness (QED) is 0.803. The van der Waals surface area contributed by atoms with Crippen LogP contribution in [0.3, 0.4) is 0 Å². The molecule has 21 heavy (non-hydrogen) atoms. The molecule has 0 aliphatic carbocycles. The first kappa shape index (κ1) is 14.8. The Kier molecular flexibility index (Phi) is 4.09. The summed E-state index contributed by atoms with van der Waals surface area (Å²) in [5, 5.41) is 5.37. The van der Waals surface area contributed by atoms with Crippen LogP contribution in [0.1, 0.15) is 24.4 Å². The van der Waals surface area contributed by atoms with E-state index in [-0.39, 0.29) is 17.6 Å². The van der Waals surface area contributed by atoms with E-state index in [2.05, 4.69) is 10.6 Å². The van der Waals surface area contributed by atoms with Crippen molar-refractivity contribution in [2.24, 2.45) is 5.73 Å². The van der Waals surface area contributed by atoms with E-state index in [0.717, 1.165) is 0 Å². The summed E-state index contributed by atoms with van der Waals surface area (Å²) < 4.78 is 5.01. The Bertz CT molecular complexity index is 642. The molecule has 0 fully saturated rings. The van der Waals surface area contributed by atoms with Crippen molar-refractivity contribution in [1.29, 1.82) is 0 Å². The SMILES string of the molecule is CC(C)(N)C(=O)Nc1cccc(NC(=O)c2ccco2)c1. The van der Waals surface area contributed by atoms with E-state index in [1.54, 1.807) is 50.2 Å². The van der Waals surface area contributed by atoms with Gasteiger partial charge in [-0.15, -0.1) is 0 Å². The zero-order valence-electron chi connectivity index (χ0n) is 11.8. The molecule has 0 bridgehead atoms. The highest BCUT2D eigenvalue weighted by Gasteiger charge is 2.21. The molecule has 4 N–H and O–H groups in total. The fourth-order valence-electron chi connectivity index (χ4n) is 1.57. The number of nitrogens with one attached hydrogen (secondary N) is 2. The van der Waals surface area contributed by atoms with Gasteiger partial charge in [0, 0.05) is 11.4 Å². The van der Waals surface area contributed by atoms with Gasteiger partial charge in [0.2, 0.25) is 5.91 Å². The Labute approximate surface area is 122 Å². The van der Waals surface area contributed by atoms with Gasteiger partial charge in [-0.3, -0.25) is 9.59 Å². The van der Waals surface area contributed by atoms with Gasteiger partial charge in [0.25, 0.3) is 5.91 Å². The van der Waals surface area contributed by atoms with Gasteiger partial charge in [0.05, 0.1) is 11.8 Å². The number of amides is 2. The van der Waals surface area contributed by atoms with Gasteiger partial charge < -0.3 is 20.8 Å². The predicted octanol–water partition coefficient (Wildman–Crippen LogP) is 2.21. The molecule has 0 aliphatic rings. The minimum atomic E-state index is -0.979. The molecule has 110 valence electrons. The van der Waals surface area contributed by atoms with Gasteiger partial charge in [0.1, 0.15) is 0 Å². The molecule has 0 atom stereocenters. The van der Waals surface area contributed by atoms with Crippen molar-refractivity contribution in [1.82, 2.24) is 0 Å². The summed E-state index contributed by atoms with van der Waals surface area (Å²) in [6.45, 7) is 3.23. The highest BCUT2D eigenvalue weighted by atomic mass is 16.3. The molecule has 0 aliphatic heterocycles. The van der Waals surface area contributed by atoms with Gasteiger partial charge in [-0.05, 0) is 44.2 Å². The number of nitrogens with two attached hydrogens (primary N) is 1. The second-order valence-electron chi connectivity index (χ2n) is 5.19. The van der Waals surface area contributed by atoms with E-state index < -0.39 is 5.54 Å². The molecule has 0 saturated carbocycles. The zero-order valence-corrected chi connectivity index (χ0v) is 11.8. The number of hydrogen-bond acceptors (Lipinski definition) is 4. The van der Waals surface area contributed by atoms with E-state index >= 15 is 0 Å².